The second-order valence-corrected chi connectivity index (χ2v) is 8.98. The molecule has 0 saturated heterocycles. The zero-order valence-corrected chi connectivity index (χ0v) is 21.3. The number of rotatable bonds is 16. The average Bonchev–Trinajstić information content (AvgIpc) is 3.01. The van der Waals surface area contributed by atoms with E-state index >= 15 is 0 Å². The molecule has 1 aliphatic rings. The number of β-amino-alcohol motifs (C(OH)–C–C–N with tert-alkyl or cyclic N) is 2. The molecular weight excluding hydrogens is 419 g/mol. The third kappa shape index (κ3) is 12.5. The van der Waals surface area contributed by atoms with E-state index in [0.717, 1.165) is 19.3 Å². The van der Waals surface area contributed by atoms with Crippen LogP contribution in [0.2, 0.25) is 0 Å². The molecule has 2 N–H and O–H groups in total. The van der Waals surface area contributed by atoms with E-state index in [9.17, 15) is 28.0 Å². The number of unbranched alkanes of at least 4 members (excludes halogenated alkanes) is 7. The monoisotopic (exact) mass is 455 g/mol. The Bertz CT molecular complexity index is 666. The Morgan fingerprint density at radius 3 is 2.47 bits per heavy atom. The van der Waals surface area contributed by atoms with Crippen LogP contribution in [0, 0.1) is 0 Å². The Balaban J connectivity index is 0.00000841. The first-order valence-corrected chi connectivity index (χ1v) is 12.2. The Morgan fingerprint density at radius 1 is 1.23 bits per heavy atom. The summed E-state index contributed by atoms with van der Waals surface area (Å²) in [4.78, 5) is 14.4. The Morgan fingerprint density at radius 2 is 1.87 bits per heavy atom. The smallest absolute Gasteiger partial charge is 0.748 e. The van der Waals surface area contributed by atoms with Gasteiger partial charge in [-0.25, -0.2) is 8.42 Å². The third-order valence-electron chi connectivity index (χ3n) is 4.90. The summed E-state index contributed by atoms with van der Waals surface area (Å²) in [6, 6.07) is 0. The molecule has 1 aliphatic heterocycles. The molecule has 10 heteroatoms. The van der Waals surface area contributed by atoms with E-state index in [1.54, 1.807) is 9.48 Å². The molecule has 0 bridgehead atoms. The summed E-state index contributed by atoms with van der Waals surface area (Å²) in [7, 11) is -4.55. The number of aliphatic hydroxyl groups excluding tert-OH is 2. The molecule has 30 heavy (non-hydrogen) atoms. The summed E-state index contributed by atoms with van der Waals surface area (Å²) in [5.74, 6) is -0.799. The average molecular weight is 456 g/mol. The summed E-state index contributed by atoms with van der Waals surface area (Å²) in [5, 5.41) is 19.1. The fourth-order valence-corrected chi connectivity index (χ4v) is 4.08. The standard InChI is InChI=1S/C20H36N2O6S.Na/c1-2-3-4-5-6-7-8-9-10-11-19(25)20-21(14-15-23)12-13-22(20)16-18(24)17-29(26,27)28;/h10-11,18,23-24H,2-9,12-17H2,1H3;/q;+1/b11-10+;. The summed E-state index contributed by atoms with van der Waals surface area (Å²) in [5.41, 5.74) is 0. The SMILES string of the molecule is CCCCCCCCC/C=C/C(=O)C1=[N+](CC(O)CS(=O)(=O)[O-])CCN1CCO.[Na+]. The molecule has 0 saturated carbocycles. The van der Waals surface area contributed by atoms with Crippen molar-refractivity contribution >= 4 is 21.7 Å². The molecule has 1 heterocycles. The van der Waals surface area contributed by atoms with Crippen molar-refractivity contribution in [2.75, 3.05) is 38.5 Å². The number of ketones is 1. The Hall–Kier alpha value is -0.290. The second-order valence-electron chi connectivity index (χ2n) is 7.54. The van der Waals surface area contributed by atoms with Gasteiger partial charge in [-0.05, 0) is 18.9 Å². The van der Waals surface area contributed by atoms with Crippen LogP contribution in [0.15, 0.2) is 12.2 Å². The fourth-order valence-electron chi connectivity index (χ4n) is 3.51. The molecule has 8 nitrogen and oxygen atoms in total. The first-order chi connectivity index (χ1) is 13.8. The van der Waals surface area contributed by atoms with Gasteiger partial charge in [-0.3, -0.25) is 14.3 Å². The number of carbonyl (C=O) groups excluding carboxylic acids is 1. The predicted molar refractivity (Wildman–Crippen MR) is 111 cm³/mol. The van der Waals surface area contributed by atoms with Crippen LogP contribution in [0.1, 0.15) is 58.3 Å². The topological polar surface area (TPSA) is 121 Å². The van der Waals surface area contributed by atoms with Crippen LogP contribution in [0.5, 0.6) is 0 Å². The fraction of sp³-hybridized carbons (Fsp3) is 0.800. The van der Waals surface area contributed by atoms with E-state index in [1.807, 2.05) is 6.08 Å². The van der Waals surface area contributed by atoms with Crippen LogP contribution in [0.25, 0.3) is 0 Å². The van der Waals surface area contributed by atoms with Crippen molar-refractivity contribution in [3.63, 3.8) is 0 Å². The first kappa shape index (κ1) is 29.7. The summed E-state index contributed by atoms with van der Waals surface area (Å²) < 4.78 is 34.1. The molecule has 0 aromatic heterocycles. The van der Waals surface area contributed by atoms with Gasteiger partial charge in [0.2, 0.25) is 0 Å². The van der Waals surface area contributed by atoms with Crippen molar-refractivity contribution < 1.29 is 62.1 Å². The zero-order valence-electron chi connectivity index (χ0n) is 18.5. The van der Waals surface area contributed by atoms with E-state index in [1.165, 1.54) is 38.2 Å². The molecule has 0 aliphatic carbocycles. The van der Waals surface area contributed by atoms with Gasteiger partial charge in [-0.1, -0.05) is 51.5 Å². The Kier molecular flexibility index (Phi) is 16.2. The van der Waals surface area contributed by atoms with Crippen LogP contribution in [0.4, 0.5) is 0 Å². The van der Waals surface area contributed by atoms with Crippen molar-refractivity contribution in [2.45, 2.75) is 64.4 Å². The van der Waals surface area contributed by atoms with E-state index in [-0.39, 0.29) is 55.0 Å². The van der Waals surface area contributed by atoms with Crippen LogP contribution in [-0.2, 0) is 14.9 Å². The largest absolute Gasteiger partial charge is 1.00 e. The minimum absolute atomic E-state index is 0. The van der Waals surface area contributed by atoms with Crippen molar-refractivity contribution in [2.24, 2.45) is 0 Å². The maximum absolute atomic E-state index is 12.7. The molecule has 0 radical (unpaired) electrons. The number of carbonyl (C=O) groups is 1. The van der Waals surface area contributed by atoms with Gasteiger partial charge in [0.25, 0.3) is 5.78 Å². The van der Waals surface area contributed by atoms with Crippen LogP contribution in [-0.4, -0.2) is 88.9 Å². The van der Waals surface area contributed by atoms with Gasteiger partial charge in [0.15, 0.2) is 0 Å². The van der Waals surface area contributed by atoms with Crippen LogP contribution < -0.4 is 29.6 Å². The molecular formula is C20H36N2NaO6S+. The molecule has 1 unspecified atom stereocenters. The van der Waals surface area contributed by atoms with Crippen molar-refractivity contribution in [1.82, 2.24) is 4.90 Å². The predicted octanol–water partition coefficient (Wildman–Crippen LogP) is -2.12. The number of allylic oxidation sites excluding steroid dienone is 1. The summed E-state index contributed by atoms with van der Waals surface area (Å²) in [6.07, 6.45) is 11.2. The van der Waals surface area contributed by atoms with Crippen molar-refractivity contribution in [1.29, 1.82) is 0 Å². The van der Waals surface area contributed by atoms with Crippen LogP contribution >= 0.6 is 0 Å². The van der Waals surface area contributed by atoms with E-state index < -0.39 is 22.0 Å². The maximum Gasteiger partial charge on any atom is 1.00 e. The van der Waals surface area contributed by atoms with Gasteiger partial charge in [0, 0.05) is 0 Å². The number of hydrogen-bond acceptors (Lipinski definition) is 7. The maximum atomic E-state index is 12.7. The number of aliphatic hydroxyl groups is 2. The van der Waals surface area contributed by atoms with E-state index in [0.29, 0.717) is 18.9 Å². The number of hydrogen-bond donors (Lipinski definition) is 2. The van der Waals surface area contributed by atoms with Gasteiger partial charge >= 0.3 is 35.4 Å². The number of nitrogens with zero attached hydrogens (tertiary/aromatic N) is 2. The van der Waals surface area contributed by atoms with Crippen molar-refractivity contribution in [3.8, 4) is 0 Å². The summed E-state index contributed by atoms with van der Waals surface area (Å²) in [6.45, 7) is 3.14. The molecule has 0 spiro atoms. The summed E-state index contributed by atoms with van der Waals surface area (Å²) >= 11 is 0. The van der Waals surface area contributed by atoms with Gasteiger partial charge < -0.3 is 14.8 Å². The molecule has 0 amide bonds. The van der Waals surface area contributed by atoms with Gasteiger partial charge in [0.1, 0.15) is 32.3 Å². The minimum atomic E-state index is -4.55. The van der Waals surface area contributed by atoms with Gasteiger partial charge in [-0.2, -0.15) is 0 Å². The molecule has 168 valence electrons. The van der Waals surface area contributed by atoms with E-state index in [2.05, 4.69) is 6.92 Å². The zero-order chi connectivity index (χ0) is 21.7. The Labute approximate surface area is 203 Å². The van der Waals surface area contributed by atoms with Gasteiger partial charge in [-0.15, -0.1) is 0 Å². The van der Waals surface area contributed by atoms with Gasteiger partial charge in [0.05, 0.1) is 22.5 Å². The van der Waals surface area contributed by atoms with E-state index in [4.69, 9.17) is 0 Å². The van der Waals surface area contributed by atoms with Crippen molar-refractivity contribution in [3.05, 3.63) is 12.2 Å². The molecule has 0 aromatic rings. The molecule has 1 atom stereocenters. The normalized spacial score (nSPS) is 15.7. The third-order valence-corrected chi connectivity index (χ3v) is 5.69. The number of amidine groups is 1. The molecule has 0 aromatic carbocycles. The van der Waals surface area contributed by atoms with Crippen LogP contribution in [0.3, 0.4) is 0 Å². The molecule has 0 fully saturated rings. The minimum Gasteiger partial charge on any atom is -0.748 e. The first-order valence-electron chi connectivity index (χ1n) is 10.6. The second kappa shape index (κ2) is 16.4. The molecule has 1 rings (SSSR count). The quantitative estimate of drug-likeness (QED) is 0.0898.